The molecule has 7 heteroatoms. The molecule has 2 amide bonds. The zero-order valence-corrected chi connectivity index (χ0v) is 13.5. The van der Waals surface area contributed by atoms with Gasteiger partial charge in [-0.05, 0) is 36.4 Å². The molecule has 2 N–H and O–H groups in total. The number of methoxy groups -OCH3 is 2. The van der Waals surface area contributed by atoms with Crippen molar-refractivity contribution in [1.29, 1.82) is 0 Å². The van der Waals surface area contributed by atoms with E-state index in [1.165, 1.54) is 31.4 Å². The molecule has 0 unspecified atom stereocenters. The van der Waals surface area contributed by atoms with Gasteiger partial charge in [0.05, 0.1) is 20.8 Å². The molecule has 0 bridgehead atoms. The number of hydrogen-bond donors (Lipinski definition) is 2. The van der Waals surface area contributed by atoms with Gasteiger partial charge >= 0.3 is 6.03 Å². The molecule has 0 aromatic heterocycles. The summed E-state index contributed by atoms with van der Waals surface area (Å²) in [5, 5.41) is 5.34. The van der Waals surface area contributed by atoms with Gasteiger partial charge in [0.1, 0.15) is 18.2 Å². The van der Waals surface area contributed by atoms with Crippen molar-refractivity contribution in [3.63, 3.8) is 0 Å². The van der Waals surface area contributed by atoms with Crippen LogP contribution < -0.4 is 24.8 Å². The molecule has 0 aliphatic rings. The van der Waals surface area contributed by atoms with Crippen molar-refractivity contribution >= 4 is 11.7 Å². The summed E-state index contributed by atoms with van der Waals surface area (Å²) in [6.07, 6.45) is 0. The van der Waals surface area contributed by atoms with E-state index in [9.17, 15) is 9.18 Å². The average molecular weight is 334 g/mol. The molecular weight excluding hydrogens is 315 g/mol. The maximum absolute atomic E-state index is 12.8. The van der Waals surface area contributed by atoms with Crippen LogP contribution in [-0.4, -0.2) is 33.4 Å². The van der Waals surface area contributed by atoms with E-state index in [-0.39, 0.29) is 18.5 Å². The lowest BCUT2D eigenvalue weighted by molar-refractivity contribution is 0.247. The normalized spacial score (nSPS) is 9.96. The molecule has 0 saturated heterocycles. The van der Waals surface area contributed by atoms with Crippen LogP contribution in [0.3, 0.4) is 0 Å². The van der Waals surface area contributed by atoms with Crippen LogP contribution in [0.5, 0.6) is 17.2 Å². The second kappa shape index (κ2) is 8.61. The van der Waals surface area contributed by atoms with Gasteiger partial charge in [0, 0.05) is 11.8 Å². The van der Waals surface area contributed by atoms with Crippen LogP contribution in [0.4, 0.5) is 14.9 Å². The predicted octanol–water partition coefficient (Wildman–Crippen LogP) is 3.04. The van der Waals surface area contributed by atoms with Gasteiger partial charge in [0.25, 0.3) is 0 Å². The molecule has 0 spiro atoms. The fourth-order valence-electron chi connectivity index (χ4n) is 1.95. The molecule has 0 heterocycles. The van der Waals surface area contributed by atoms with Gasteiger partial charge in [0.2, 0.25) is 0 Å². The van der Waals surface area contributed by atoms with E-state index in [1.807, 2.05) is 0 Å². The number of ether oxygens (including phenoxy) is 3. The molecule has 0 fully saturated rings. The predicted molar refractivity (Wildman–Crippen MR) is 88.5 cm³/mol. The molecular formula is C17H19FN2O4. The second-order valence-electron chi connectivity index (χ2n) is 4.75. The first-order valence-corrected chi connectivity index (χ1v) is 7.27. The molecule has 0 radical (unpaired) electrons. The minimum atomic E-state index is -0.370. The van der Waals surface area contributed by atoms with Crippen molar-refractivity contribution in [3.05, 3.63) is 48.3 Å². The standard InChI is InChI=1S/C17H19FN2O4/c1-22-15-8-5-13(11-16(15)23-2)20-17(21)19-9-10-24-14-6-3-12(18)4-7-14/h3-8,11H,9-10H2,1-2H3,(H2,19,20,21). The number of benzene rings is 2. The third-order valence-corrected chi connectivity index (χ3v) is 3.11. The van der Waals surface area contributed by atoms with E-state index in [0.29, 0.717) is 29.5 Å². The summed E-state index contributed by atoms with van der Waals surface area (Å²) in [5.74, 6) is 1.32. The van der Waals surface area contributed by atoms with Gasteiger partial charge in [0.15, 0.2) is 11.5 Å². The van der Waals surface area contributed by atoms with Crippen molar-refractivity contribution < 1.29 is 23.4 Å². The van der Waals surface area contributed by atoms with Crippen molar-refractivity contribution in [1.82, 2.24) is 5.32 Å². The monoisotopic (exact) mass is 334 g/mol. The largest absolute Gasteiger partial charge is 0.493 e. The van der Waals surface area contributed by atoms with Crippen LogP contribution in [0, 0.1) is 5.82 Å². The van der Waals surface area contributed by atoms with Crippen LogP contribution in [0.2, 0.25) is 0 Å². The second-order valence-corrected chi connectivity index (χ2v) is 4.75. The highest BCUT2D eigenvalue weighted by Gasteiger charge is 2.07. The van der Waals surface area contributed by atoms with Gasteiger partial charge < -0.3 is 24.8 Å². The molecule has 2 aromatic rings. The van der Waals surface area contributed by atoms with Crippen molar-refractivity contribution in [2.24, 2.45) is 0 Å². The topological polar surface area (TPSA) is 68.8 Å². The number of hydrogen-bond acceptors (Lipinski definition) is 4. The van der Waals surface area contributed by atoms with Crippen molar-refractivity contribution in [2.75, 3.05) is 32.7 Å². The lowest BCUT2D eigenvalue weighted by Crippen LogP contribution is -2.32. The summed E-state index contributed by atoms with van der Waals surface area (Å²) < 4.78 is 28.4. The number of amides is 2. The van der Waals surface area contributed by atoms with Gasteiger partial charge in [-0.25, -0.2) is 9.18 Å². The van der Waals surface area contributed by atoms with E-state index in [2.05, 4.69) is 10.6 Å². The number of halogens is 1. The maximum Gasteiger partial charge on any atom is 0.319 e. The molecule has 2 aromatic carbocycles. The van der Waals surface area contributed by atoms with E-state index in [0.717, 1.165) is 0 Å². The van der Waals surface area contributed by atoms with Crippen LogP contribution in [0.1, 0.15) is 0 Å². The SMILES string of the molecule is COc1ccc(NC(=O)NCCOc2ccc(F)cc2)cc1OC. The highest BCUT2D eigenvalue weighted by Crippen LogP contribution is 2.29. The highest BCUT2D eigenvalue weighted by molar-refractivity contribution is 5.89. The first-order chi connectivity index (χ1) is 11.6. The zero-order valence-electron chi connectivity index (χ0n) is 13.5. The van der Waals surface area contributed by atoms with Gasteiger partial charge in [-0.3, -0.25) is 0 Å². The lowest BCUT2D eigenvalue weighted by atomic mass is 10.3. The van der Waals surface area contributed by atoms with Crippen LogP contribution in [-0.2, 0) is 0 Å². The minimum Gasteiger partial charge on any atom is -0.493 e. The Kier molecular flexibility index (Phi) is 6.24. The number of nitrogens with one attached hydrogen (secondary N) is 2. The molecule has 0 aliphatic heterocycles. The number of carbonyl (C=O) groups is 1. The van der Waals surface area contributed by atoms with Crippen LogP contribution >= 0.6 is 0 Å². The molecule has 24 heavy (non-hydrogen) atoms. The van der Waals surface area contributed by atoms with Gasteiger partial charge in [-0.15, -0.1) is 0 Å². The fourth-order valence-corrected chi connectivity index (χ4v) is 1.95. The third-order valence-electron chi connectivity index (χ3n) is 3.11. The Labute approximate surface area is 139 Å². The summed E-state index contributed by atoms with van der Waals surface area (Å²) in [7, 11) is 3.06. The quantitative estimate of drug-likeness (QED) is 0.764. The number of rotatable bonds is 7. The first-order valence-electron chi connectivity index (χ1n) is 7.27. The number of anilines is 1. The Morgan fingerprint density at radius 2 is 1.75 bits per heavy atom. The number of urea groups is 1. The summed E-state index contributed by atoms with van der Waals surface area (Å²) in [6.45, 7) is 0.571. The molecule has 0 saturated carbocycles. The van der Waals surface area contributed by atoms with Crippen LogP contribution in [0.25, 0.3) is 0 Å². The van der Waals surface area contributed by atoms with E-state index in [1.54, 1.807) is 25.3 Å². The van der Waals surface area contributed by atoms with E-state index in [4.69, 9.17) is 14.2 Å². The molecule has 0 aliphatic carbocycles. The molecule has 128 valence electrons. The van der Waals surface area contributed by atoms with Crippen molar-refractivity contribution in [3.8, 4) is 17.2 Å². The zero-order chi connectivity index (χ0) is 17.4. The fraction of sp³-hybridized carbons (Fsp3) is 0.235. The highest BCUT2D eigenvalue weighted by atomic mass is 19.1. The van der Waals surface area contributed by atoms with Crippen LogP contribution in [0.15, 0.2) is 42.5 Å². The first kappa shape index (κ1) is 17.4. The maximum atomic E-state index is 12.8. The van der Waals surface area contributed by atoms with Crippen molar-refractivity contribution in [2.45, 2.75) is 0 Å². The average Bonchev–Trinajstić information content (AvgIpc) is 2.60. The number of carbonyl (C=O) groups excluding carboxylic acids is 1. The summed E-state index contributed by atoms with van der Waals surface area (Å²) in [6, 6.07) is 10.4. The molecule has 2 rings (SSSR count). The Morgan fingerprint density at radius 1 is 1.04 bits per heavy atom. The molecule has 6 nitrogen and oxygen atoms in total. The van der Waals surface area contributed by atoms with E-state index < -0.39 is 0 Å². The molecule has 0 atom stereocenters. The smallest absolute Gasteiger partial charge is 0.319 e. The Bertz CT molecular complexity index is 677. The summed E-state index contributed by atoms with van der Waals surface area (Å²) in [4.78, 5) is 11.8. The summed E-state index contributed by atoms with van der Waals surface area (Å²) in [5.41, 5.74) is 0.574. The Hall–Kier alpha value is -2.96. The van der Waals surface area contributed by atoms with E-state index >= 15 is 0 Å². The minimum absolute atomic E-state index is 0.269. The Balaban J connectivity index is 1.76. The van der Waals surface area contributed by atoms with Gasteiger partial charge in [-0.1, -0.05) is 0 Å². The third kappa shape index (κ3) is 5.05. The Morgan fingerprint density at radius 3 is 2.42 bits per heavy atom. The van der Waals surface area contributed by atoms with Gasteiger partial charge in [-0.2, -0.15) is 0 Å². The summed E-state index contributed by atoms with van der Waals surface area (Å²) >= 11 is 0. The lowest BCUT2D eigenvalue weighted by Gasteiger charge is -2.11.